The summed E-state index contributed by atoms with van der Waals surface area (Å²) in [7, 11) is 0. The van der Waals surface area contributed by atoms with Gasteiger partial charge in [-0.25, -0.2) is 4.39 Å². The van der Waals surface area contributed by atoms with Gasteiger partial charge in [0.1, 0.15) is 24.6 Å². The van der Waals surface area contributed by atoms with E-state index in [-0.39, 0.29) is 56.5 Å². The minimum absolute atomic E-state index is 0.0230. The van der Waals surface area contributed by atoms with Crippen molar-refractivity contribution < 1.29 is 33.0 Å². The number of morpholine rings is 1. The Bertz CT molecular complexity index is 1380. The lowest BCUT2D eigenvalue weighted by Gasteiger charge is -2.35. The zero-order chi connectivity index (χ0) is 27.8. The molecule has 0 bridgehead atoms. The first-order valence-corrected chi connectivity index (χ1v) is 12.3. The van der Waals surface area contributed by atoms with Gasteiger partial charge >= 0.3 is 5.97 Å². The first-order valence-electron chi connectivity index (χ1n) is 12.3. The highest BCUT2D eigenvalue weighted by molar-refractivity contribution is 5.98. The lowest BCUT2D eigenvalue weighted by molar-refractivity contribution is -0.144. The number of carbonyl (C=O) groups excluding carboxylic acids is 3. The van der Waals surface area contributed by atoms with Gasteiger partial charge in [-0.1, -0.05) is 42.5 Å². The number of aromatic amines is 1. The minimum Gasteiger partial charge on any atom is -0.483 e. The van der Waals surface area contributed by atoms with E-state index >= 15 is 0 Å². The van der Waals surface area contributed by atoms with Crippen LogP contribution < -0.4 is 15.5 Å². The van der Waals surface area contributed by atoms with E-state index in [2.05, 4.69) is 10.3 Å². The number of halogens is 1. The molecule has 11 heteroatoms. The summed E-state index contributed by atoms with van der Waals surface area (Å²) in [5, 5.41) is 2.63. The van der Waals surface area contributed by atoms with Crippen LogP contribution >= 0.6 is 0 Å². The molecule has 0 saturated carbocycles. The van der Waals surface area contributed by atoms with Gasteiger partial charge in [-0.3, -0.25) is 19.2 Å². The second-order valence-corrected chi connectivity index (χ2v) is 8.85. The van der Waals surface area contributed by atoms with Crippen molar-refractivity contribution in [1.82, 2.24) is 15.2 Å². The molecule has 204 valence electrons. The normalized spacial score (nSPS) is 14.9. The fourth-order valence-electron chi connectivity index (χ4n) is 4.00. The molecule has 1 fully saturated rings. The highest BCUT2D eigenvalue weighted by Crippen LogP contribution is 2.20. The van der Waals surface area contributed by atoms with Crippen LogP contribution in [0.2, 0.25) is 0 Å². The Labute approximate surface area is 223 Å². The topological polar surface area (TPSA) is 127 Å². The van der Waals surface area contributed by atoms with Gasteiger partial charge in [0, 0.05) is 26.2 Å². The van der Waals surface area contributed by atoms with E-state index in [9.17, 15) is 23.6 Å². The number of ether oxygens (including phenoxy) is 3. The highest BCUT2D eigenvalue weighted by Gasteiger charge is 2.32. The summed E-state index contributed by atoms with van der Waals surface area (Å²) in [6, 6.07) is 14.0. The Morgan fingerprint density at radius 1 is 1.10 bits per heavy atom. The Balaban J connectivity index is 1.61. The number of hydrogen-bond acceptors (Lipinski definition) is 7. The molecule has 1 aliphatic heterocycles. The van der Waals surface area contributed by atoms with Crippen molar-refractivity contribution in [3.8, 4) is 5.75 Å². The Morgan fingerprint density at radius 3 is 2.56 bits per heavy atom. The second kappa shape index (κ2) is 12.8. The number of H-pyrrole nitrogens is 1. The maximum absolute atomic E-state index is 13.6. The molecule has 0 radical (unpaired) electrons. The molecule has 1 aromatic heterocycles. The van der Waals surface area contributed by atoms with Gasteiger partial charge in [-0.2, -0.15) is 0 Å². The molecular weight excluding hydrogens is 509 g/mol. The predicted molar refractivity (Wildman–Crippen MR) is 138 cm³/mol. The van der Waals surface area contributed by atoms with Crippen molar-refractivity contribution in [3.05, 3.63) is 99.2 Å². The first-order chi connectivity index (χ1) is 18.8. The Morgan fingerprint density at radius 2 is 1.85 bits per heavy atom. The molecule has 1 saturated heterocycles. The molecule has 2 heterocycles. The molecule has 0 spiro atoms. The van der Waals surface area contributed by atoms with Gasteiger partial charge in [0.2, 0.25) is 5.43 Å². The molecular formula is C28H28FN3O7. The average molecular weight is 538 g/mol. The SMILES string of the molecule is CC(=O)OCC1COCCN1C(=O)c1[nH]cc(C(=O)NCc2ccc(F)cc2)c(=O)c1OCc1ccccc1. The van der Waals surface area contributed by atoms with Crippen LogP contribution in [0.5, 0.6) is 5.75 Å². The number of carbonyl (C=O) groups is 3. The molecule has 1 atom stereocenters. The summed E-state index contributed by atoms with van der Waals surface area (Å²) in [6.07, 6.45) is 1.16. The van der Waals surface area contributed by atoms with Crippen molar-refractivity contribution in [2.75, 3.05) is 26.4 Å². The fraction of sp³-hybridized carbons (Fsp3) is 0.286. The second-order valence-electron chi connectivity index (χ2n) is 8.85. The van der Waals surface area contributed by atoms with E-state index in [1.807, 2.05) is 18.2 Å². The highest BCUT2D eigenvalue weighted by atomic mass is 19.1. The molecule has 2 aromatic carbocycles. The van der Waals surface area contributed by atoms with Crippen molar-refractivity contribution in [2.24, 2.45) is 0 Å². The van der Waals surface area contributed by atoms with Crippen LogP contribution in [0.4, 0.5) is 4.39 Å². The Hall–Kier alpha value is -4.51. The predicted octanol–water partition coefficient (Wildman–Crippen LogP) is 2.43. The smallest absolute Gasteiger partial charge is 0.302 e. The third-order valence-corrected chi connectivity index (χ3v) is 6.06. The van der Waals surface area contributed by atoms with E-state index in [0.29, 0.717) is 5.56 Å². The first kappa shape index (κ1) is 27.5. The Kier molecular flexibility index (Phi) is 9.06. The van der Waals surface area contributed by atoms with Crippen molar-refractivity contribution >= 4 is 17.8 Å². The molecule has 1 unspecified atom stereocenters. The van der Waals surface area contributed by atoms with E-state index in [0.717, 1.165) is 11.8 Å². The van der Waals surface area contributed by atoms with Gasteiger partial charge in [-0.15, -0.1) is 0 Å². The molecule has 39 heavy (non-hydrogen) atoms. The van der Waals surface area contributed by atoms with Crippen molar-refractivity contribution in [1.29, 1.82) is 0 Å². The maximum atomic E-state index is 13.6. The molecule has 10 nitrogen and oxygen atoms in total. The van der Waals surface area contributed by atoms with Gasteiger partial charge in [0.25, 0.3) is 11.8 Å². The van der Waals surface area contributed by atoms with Gasteiger partial charge in [0.15, 0.2) is 11.4 Å². The van der Waals surface area contributed by atoms with Crippen molar-refractivity contribution in [2.45, 2.75) is 26.1 Å². The number of rotatable bonds is 9. The molecule has 3 aromatic rings. The molecule has 1 aliphatic rings. The van der Waals surface area contributed by atoms with Crippen LogP contribution in [0, 0.1) is 5.82 Å². The molecule has 2 amide bonds. The number of amides is 2. The van der Waals surface area contributed by atoms with Crippen LogP contribution in [0.3, 0.4) is 0 Å². The van der Waals surface area contributed by atoms with E-state index in [1.165, 1.54) is 36.1 Å². The third kappa shape index (κ3) is 7.08. The molecule has 2 N–H and O–H groups in total. The molecule has 0 aliphatic carbocycles. The zero-order valence-electron chi connectivity index (χ0n) is 21.3. The van der Waals surface area contributed by atoms with E-state index in [1.54, 1.807) is 12.1 Å². The van der Waals surface area contributed by atoms with Crippen LogP contribution in [0.25, 0.3) is 0 Å². The zero-order valence-corrected chi connectivity index (χ0v) is 21.3. The number of hydrogen-bond donors (Lipinski definition) is 2. The summed E-state index contributed by atoms with van der Waals surface area (Å²) < 4.78 is 29.5. The van der Waals surface area contributed by atoms with Crippen LogP contribution in [0.15, 0.2) is 65.6 Å². The largest absolute Gasteiger partial charge is 0.483 e. The fourth-order valence-corrected chi connectivity index (χ4v) is 4.00. The number of pyridine rings is 1. The number of esters is 1. The quantitative estimate of drug-likeness (QED) is 0.402. The third-order valence-electron chi connectivity index (χ3n) is 6.06. The summed E-state index contributed by atoms with van der Waals surface area (Å²) in [5.74, 6) is -2.46. The number of nitrogens with one attached hydrogen (secondary N) is 2. The summed E-state index contributed by atoms with van der Waals surface area (Å²) in [4.78, 5) is 55.5. The number of nitrogens with zero attached hydrogens (tertiary/aromatic N) is 1. The number of benzene rings is 2. The van der Waals surface area contributed by atoms with Gasteiger partial charge < -0.3 is 29.4 Å². The summed E-state index contributed by atoms with van der Waals surface area (Å²) >= 11 is 0. The van der Waals surface area contributed by atoms with E-state index < -0.39 is 35.1 Å². The number of aromatic nitrogens is 1. The van der Waals surface area contributed by atoms with Crippen molar-refractivity contribution in [3.63, 3.8) is 0 Å². The van der Waals surface area contributed by atoms with Crippen LogP contribution in [-0.4, -0.2) is 60.1 Å². The standard InChI is InChI=1S/C28H28FN3O7/c1-18(33)38-17-22-16-37-12-11-32(22)28(36)24-26(39-15-20-5-3-2-4-6-20)25(34)23(14-30-24)27(35)31-13-19-7-9-21(29)10-8-19/h2-10,14,22H,11-13,15-17H2,1H3,(H,30,34)(H,31,35). The summed E-state index contributed by atoms with van der Waals surface area (Å²) in [5.41, 5.74) is 0.227. The lowest BCUT2D eigenvalue weighted by atomic mass is 10.1. The maximum Gasteiger partial charge on any atom is 0.302 e. The van der Waals surface area contributed by atoms with Gasteiger partial charge in [0.05, 0.1) is 19.3 Å². The monoisotopic (exact) mass is 537 g/mol. The minimum atomic E-state index is -0.769. The van der Waals surface area contributed by atoms with Crippen LogP contribution in [-0.2, 0) is 27.4 Å². The lowest BCUT2D eigenvalue weighted by Crippen LogP contribution is -2.51. The van der Waals surface area contributed by atoms with Crippen LogP contribution in [0.1, 0.15) is 38.9 Å². The van der Waals surface area contributed by atoms with E-state index in [4.69, 9.17) is 14.2 Å². The summed E-state index contributed by atoms with van der Waals surface area (Å²) in [6.45, 7) is 1.84. The molecule has 4 rings (SSSR count). The average Bonchev–Trinajstić information content (AvgIpc) is 2.95. The van der Waals surface area contributed by atoms with Gasteiger partial charge in [-0.05, 0) is 23.3 Å².